The fraction of sp³-hybridized carbons (Fsp3) is 0.844. The highest BCUT2D eigenvalue weighted by molar-refractivity contribution is 7.90. The molecule has 16 nitrogen and oxygen atoms in total. The Kier molecular flexibility index (Phi) is 24.9. The van der Waals surface area contributed by atoms with E-state index >= 15 is 0 Å². The lowest BCUT2D eigenvalue weighted by Gasteiger charge is -2.18. The SMILES string of the molecule is NCN[C@@H](CCCCNC(=O)CCCS(=O)(=O)NC(=O)CCCCCCCCCCCCCCCc1nnn[nH]1)C(=O)C[C@@H](CO)C(N)=O. The smallest absolute Gasteiger partial charge is 0.234 e. The number of nitrogens with one attached hydrogen (secondary N) is 4. The zero-order valence-electron chi connectivity index (χ0n) is 29.1. The number of aromatic amines is 1. The summed E-state index contributed by atoms with van der Waals surface area (Å²) in [6.07, 6.45) is 17.2. The first-order valence-corrected chi connectivity index (χ1v) is 19.6. The molecule has 1 rings (SSSR count). The van der Waals surface area contributed by atoms with Gasteiger partial charge in [0.25, 0.3) is 0 Å². The Morgan fingerprint density at radius 3 is 1.94 bits per heavy atom. The highest BCUT2D eigenvalue weighted by atomic mass is 32.2. The van der Waals surface area contributed by atoms with Gasteiger partial charge >= 0.3 is 0 Å². The fourth-order valence-electron chi connectivity index (χ4n) is 5.45. The first kappa shape index (κ1) is 44.0. The van der Waals surface area contributed by atoms with Gasteiger partial charge in [0.1, 0.15) is 5.82 Å². The summed E-state index contributed by atoms with van der Waals surface area (Å²) in [6, 6.07) is -0.595. The number of primary amides is 1. The van der Waals surface area contributed by atoms with Crippen LogP contribution in [0.4, 0.5) is 0 Å². The van der Waals surface area contributed by atoms with Crippen molar-refractivity contribution < 1.29 is 32.7 Å². The number of tetrazole rings is 1. The summed E-state index contributed by atoms with van der Waals surface area (Å²) in [5.74, 6) is -2.24. The van der Waals surface area contributed by atoms with E-state index in [2.05, 4.69) is 36.0 Å². The van der Waals surface area contributed by atoms with Crippen LogP contribution in [0.1, 0.15) is 134 Å². The average molecular weight is 716 g/mol. The van der Waals surface area contributed by atoms with Crippen LogP contribution in [0.2, 0.25) is 0 Å². The summed E-state index contributed by atoms with van der Waals surface area (Å²) in [5.41, 5.74) is 10.7. The van der Waals surface area contributed by atoms with Crippen molar-refractivity contribution in [1.82, 2.24) is 36.0 Å². The van der Waals surface area contributed by atoms with Crippen LogP contribution in [-0.2, 0) is 35.6 Å². The van der Waals surface area contributed by atoms with Crippen LogP contribution in [-0.4, -0.2) is 89.3 Å². The number of aliphatic hydroxyl groups excluding tert-OH is 1. The van der Waals surface area contributed by atoms with Crippen molar-refractivity contribution in [1.29, 1.82) is 0 Å². The summed E-state index contributed by atoms with van der Waals surface area (Å²) in [5, 5.41) is 28.6. The second-order valence-corrected chi connectivity index (χ2v) is 14.5. The fourth-order valence-corrected chi connectivity index (χ4v) is 6.53. The number of hydrogen-bond donors (Lipinski definition) is 7. The van der Waals surface area contributed by atoms with Crippen molar-refractivity contribution in [2.75, 3.05) is 25.6 Å². The number of Topliss-reactive ketones (excluding diaryl/α,β-unsaturated/α-hetero) is 1. The molecule has 282 valence electrons. The van der Waals surface area contributed by atoms with Crippen LogP contribution in [0.15, 0.2) is 0 Å². The third-order valence-corrected chi connectivity index (χ3v) is 9.72. The van der Waals surface area contributed by atoms with Gasteiger partial charge in [-0.25, -0.2) is 13.5 Å². The molecule has 0 unspecified atom stereocenters. The van der Waals surface area contributed by atoms with Crippen LogP contribution in [0.3, 0.4) is 0 Å². The summed E-state index contributed by atoms with van der Waals surface area (Å²) in [7, 11) is -3.81. The lowest BCUT2D eigenvalue weighted by Crippen LogP contribution is -2.42. The Morgan fingerprint density at radius 2 is 1.39 bits per heavy atom. The highest BCUT2D eigenvalue weighted by Gasteiger charge is 2.24. The second-order valence-electron chi connectivity index (χ2n) is 12.7. The topological polar surface area (TPSA) is 265 Å². The number of carbonyl (C=O) groups excluding carboxylic acids is 4. The monoisotopic (exact) mass is 715 g/mol. The van der Waals surface area contributed by atoms with E-state index in [0.29, 0.717) is 32.2 Å². The van der Waals surface area contributed by atoms with Crippen molar-refractivity contribution in [2.24, 2.45) is 17.4 Å². The maximum Gasteiger partial charge on any atom is 0.234 e. The van der Waals surface area contributed by atoms with E-state index in [4.69, 9.17) is 11.5 Å². The molecule has 9 N–H and O–H groups in total. The van der Waals surface area contributed by atoms with E-state index < -0.39 is 40.4 Å². The Labute approximate surface area is 291 Å². The lowest BCUT2D eigenvalue weighted by atomic mass is 9.96. The van der Waals surface area contributed by atoms with Gasteiger partial charge in [0.2, 0.25) is 27.7 Å². The minimum atomic E-state index is -3.81. The molecule has 0 aliphatic carbocycles. The van der Waals surface area contributed by atoms with Gasteiger partial charge in [0.05, 0.1) is 24.3 Å². The number of aliphatic hydroxyl groups is 1. The second kappa shape index (κ2) is 27.8. The van der Waals surface area contributed by atoms with Gasteiger partial charge in [-0.3, -0.25) is 29.2 Å². The van der Waals surface area contributed by atoms with Crippen molar-refractivity contribution in [3.63, 3.8) is 0 Å². The summed E-state index contributed by atoms with van der Waals surface area (Å²) in [4.78, 5) is 48.0. The Morgan fingerprint density at radius 1 is 0.796 bits per heavy atom. The van der Waals surface area contributed by atoms with Gasteiger partial charge in [0, 0.05) is 38.9 Å². The Hall–Kier alpha value is -3.02. The van der Waals surface area contributed by atoms with Crippen LogP contribution in [0, 0.1) is 5.92 Å². The first-order chi connectivity index (χ1) is 23.6. The summed E-state index contributed by atoms with van der Waals surface area (Å²) >= 11 is 0. The number of rotatable bonds is 33. The molecule has 1 aromatic heterocycles. The zero-order valence-corrected chi connectivity index (χ0v) is 30.0. The third-order valence-electron chi connectivity index (χ3n) is 8.36. The molecule has 0 saturated heterocycles. The van der Waals surface area contributed by atoms with E-state index in [9.17, 15) is 32.7 Å². The van der Waals surface area contributed by atoms with Crippen LogP contribution in [0.25, 0.3) is 0 Å². The number of nitrogens with zero attached hydrogens (tertiary/aromatic N) is 3. The van der Waals surface area contributed by atoms with E-state index in [-0.39, 0.29) is 49.8 Å². The molecule has 49 heavy (non-hydrogen) atoms. The van der Waals surface area contributed by atoms with Gasteiger partial charge in [-0.2, -0.15) is 0 Å². The van der Waals surface area contributed by atoms with Crippen molar-refractivity contribution >= 4 is 33.5 Å². The highest BCUT2D eigenvalue weighted by Crippen LogP contribution is 2.14. The quantitative estimate of drug-likeness (QED) is 0.0405. The molecule has 1 heterocycles. The molecule has 0 spiro atoms. The van der Waals surface area contributed by atoms with E-state index in [1.54, 1.807) is 0 Å². The van der Waals surface area contributed by atoms with E-state index in [0.717, 1.165) is 37.9 Å². The Balaban J connectivity index is 2.00. The largest absolute Gasteiger partial charge is 0.396 e. The number of aromatic nitrogens is 4. The summed E-state index contributed by atoms with van der Waals surface area (Å²) in [6.45, 7) is -0.102. The molecule has 0 aliphatic rings. The maximum absolute atomic E-state index is 12.4. The average Bonchev–Trinajstić information content (AvgIpc) is 3.57. The predicted molar refractivity (Wildman–Crippen MR) is 186 cm³/mol. The summed E-state index contributed by atoms with van der Waals surface area (Å²) < 4.78 is 26.6. The van der Waals surface area contributed by atoms with Gasteiger partial charge < -0.3 is 21.9 Å². The number of carbonyl (C=O) groups is 4. The molecule has 0 aliphatic heterocycles. The van der Waals surface area contributed by atoms with Crippen molar-refractivity contribution in [3.8, 4) is 0 Å². The van der Waals surface area contributed by atoms with Crippen LogP contribution >= 0.6 is 0 Å². The molecule has 0 fully saturated rings. The minimum absolute atomic E-state index is 0.00421. The van der Waals surface area contributed by atoms with Gasteiger partial charge in [0.15, 0.2) is 5.78 Å². The molecule has 3 amide bonds. The molecular weight excluding hydrogens is 654 g/mol. The van der Waals surface area contributed by atoms with E-state index in [1.807, 2.05) is 0 Å². The van der Waals surface area contributed by atoms with Crippen molar-refractivity contribution in [3.05, 3.63) is 5.82 Å². The maximum atomic E-state index is 12.4. The number of sulfonamides is 1. The molecular formula is C32H61N9O7S. The number of aryl methyl sites for hydroxylation is 1. The molecule has 0 radical (unpaired) electrons. The number of ketones is 1. The number of hydrogen-bond acceptors (Lipinski definition) is 12. The number of nitrogens with two attached hydrogens (primary N) is 2. The Bertz CT molecular complexity index is 1150. The van der Waals surface area contributed by atoms with Gasteiger partial charge in [-0.05, 0) is 49.0 Å². The molecule has 0 saturated carbocycles. The normalized spacial score (nSPS) is 12.8. The number of amides is 3. The van der Waals surface area contributed by atoms with Crippen LogP contribution < -0.4 is 26.8 Å². The standard InChI is InChI=1S/C32H61N9O7S/c33-25-36-27(28(43)23-26(24-42)32(34)46)17-14-15-21-35-30(44)20-16-22-49(47,48)39-31(45)19-13-11-9-7-5-3-1-2-4-6-8-10-12-18-29-37-40-41-38-29/h26-27,36,42H,1-25,33H2,(H2,34,46)(H,35,44)(H,39,45)(H,37,38,40,41)/t26-,27-/m0/s1. The number of unbranched alkanes of at least 4 members (excludes halogenated alkanes) is 13. The minimum Gasteiger partial charge on any atom is -0.396 e. The molecule has 17 heteroatoms. The zero-order chi connectivity index (χ0) is 36.2. The predicted octanol–water partition coefficient (Wildman–Crippen LogP) is 1.64. The molecule has 2 atom stereocenters. The third kappa shape index (κ3) is 23.9. The van der Waals surface area contributed by atoms with E-state index in [1.165, 1.54) is 51.4 Å². The number of H-pyrrole nitrogens is 1. The van der Waals surface area contributed by atoms with Gasteiger partial charge in [-0.15, -0.1) is 5.10 Å². The molecule has 0 aromatic carbocycles. The molecule has 1 aromatic rings. The van der Waals surface area contributed by atoms with Crippen molar-refractivity contribution in [2.45, 2.75) is 141 Å². The molecule has 0 bridgehead atoms. The van der Waals surface area contributed by atoms with Gasteiger partial charge in [-0.1, -0.05) is 70.6 Å². The van der Waals surface area contributed by atoms with Crippen LogP contribution in [0.5, 0.6) is 0 Å². The first-order valence-electron chi connectivity index (χ1n) is 18.0. The lowest BCUT2D eigenvalue weighted by molar-refractivity contribution is -0.129.